The van der Waals surface area contributed by atoms with Crippen molar-refractivity contribution in [2.75, 3.05) is 49.5 Å². The summed E-state index contributed by atoms with van der Waals surface area (Å²) in [5, 5.41) is 33.9. The van der Waals surface area contributed by atoms with Crippen LogP contribution in [0.3, 0.4) is 0 Å². The molecule has 0 saturated carbocycles. The smallest absolute Gasteiger partial charge is 0.360 e. The zero-order chi connectivity index (χ0) is 88.9. The Morgan fingerprint density at radius 3 is 1.12 bits per heavy atom. The van der Waals surface area contributed by atoms with Gasteiger partial charge in [0.2, 0.25) is 23.0 Å². The van der Waals surface area contributed by atoms with Gasteiger partial charge in [0, 0.05) is 27.2 Å². The number of nitrogens with two attached hydrogens (primary N) is 1. The second-order valence-electron chi connectivity index (χ2n) is 27.2. The summed E-state index contributed by atoms with van der Waals surface area (Å²) in [6, 6.07) is 44.8. The van der Waals surface area contributed by atoms with Gasteiger partial charge in [0.15, 0.2) is 22.8 Å². The largest absolute Gasteiger partial charge is 0.501 e. The van der Waals surface area contributed by atoms with Gasteiger partial charge in [-0.15, -0.1) is 0 Å². The summed E-state index contributed by atoms with van der Waals surface area (Å²) in [6.45, 7) is 14.8. The van der Waals surface area contributed by atoms with Crippen LogP contribution in [-0.4, -0.2) is 146 Å². The first kappa shape index (κ1) is 95.6. The van der Waals surface area contributed by atoms with E-state index in [1.807, 2.05) is 0 Å². The normalized spacial score (nSPS) is 10.9. The highest BCUT2D eigenvalue weighted by atomic mass is 19.1. The number of aromatic hydroxyl groups is 2. The predicted octanol–water partition coefficient (Wildman–Crippen LogP) is 7.17. The number of aromatic nitrogens is 8. The average Bonchev–Trinajstić information content (AvgIpc) is 0.775. The predicted molar refractivity (Wildman–Crippen MR) is 432 cm³/mol. The minimum atomic E-state index is -0.880. The fourth-order valence-corrected chi connectivity index (χ4v) is 9.62. The number of amides is 1. The van der Waals surface area contributed by atoms with Gasteiger partial charge in [-0.2, -0.15) is 0 Å². The van der Waals surface area contributed by atoms with E-state index >= 15 is 0 Å². The average molecular weight is 1650 g/mol. The third-order valence-electron chi connectivity index (χ3n) is 17.6. The van der Waals surface area contributed by atoms with Crippen LogP contribution in [0.1, 0.15) is 173 Å². The van der Waals surface area contributed by atoms with Crippen LogP contribution >= 0.6 is 0 Å². The van der Waals surface area contributed by atoms with Gasteiger partial charge in [-0.3, -0.25) is 33.1 Å². The Morgan fingerprint density at radius 1 is 0.412 bits per heavy atom. The van der Waals surface area contributed by atoms with Crippen molar-refractivity contribution in [1.29, 1.82) is 0 Å². The molecule has 0 atom stereocenters. The van der Waals surface area contributed by atoms with Gasteiger partial charge in [0.1, 0.15) is 34.9 Å². The molecule has 4 aromatic heterocycles. The maximum atomic E-state index is 12.9. The molecule has 11 N–H and O–H groups in total. The number of benzene rings is 6. The lowest BCUT2D eigenvalue weighted by molar-refractivity contribution is 0.0394. The van der Waals surface area contributed by atoms with Crippen LogP contribution < -0.4 is 64.0 Å². The summed E-state index contributed by atoms with van der Waals surface area (Å²) in [5.41, 5.74) is 0.983. The maximum Gasteiger partial charge on any atom is 0.360 e. The van der Waals surface area contributed by atoms with Crippen LogP contribution in [0.25, 0.3) is 0 Å². The number of methoxy groups -OCH3 is 3. The van der Waals surface area contributed by atoms with E-state index in [9.17, 15) is 76.5 Å². The fourth-order valence-electron chi connectivity index (χ4n) is 9.62. The Balaban J connectivity index is 0.000000260. The van der Waals surface area contributed by atoms with Crippen LogP contribution in [0.5, 0.6) is 23.0 Å². The molecule has 630 valence electrons. The Hall–Kier alpha value is -13.9. The van der Waals surface area contributed by atoms with E-state index in [0.717, 1.165) is 26.9 Å². The molecular formula is C83H94F2N14O20. The van der Waals surface area contributed by atoms with E-state index in [1.54, 1.807) is 193 Å². The lowest BCUT2D eigenvalue weighted by Crippen LogP contribution is -2.41. The van der Waals surface area contributed by atoms with Gasteiger partial charge in [-0.05, 0) is 168 Å². The molecule has 119 heavy (non-hydrogen) atoms. The molecule has 0 radical (unpaired) electrons. The number of aromatic amines is 2. The molecule has 0 saturated heterocycles. The molecular weight excluding hydrogens is 1550 g/mol. The molecule has 1 amide bonds. The molecule has 10 aromatic rings. The molecule has 0 fully saturated rings. The van der Waals surface area contributed by atoms with Crippen molar-refractivity contribution in [2.24, 2.45) is 19.8 Å². The summed E-state index contributed by atoms with van der Waals surface area (Å²) >= 11 is 0. The third kappa shape index (κ3) is 26.3. The minimum absolute atomic E-state index is 0.111. The quantitative estimate of drug-likeness (QED) is 0.0194. The molecule has 0 bridgehead atoms. The molecule has 10 rings (SSSR count). The summed E-state index contributed by atoms with van der Waals surface area (Å²) < 4.78 is 56.4. The first-order valence-electron chi connectivity index (χ1n) is 35.9. The number of hydrogen-bond acceptors (Lipinski definition) is 29. The van der Waals surface area contributed by atoms with Crippen molar-refractivity contribution in [3.05, 3.63) is 302 Å². The molecule has 0 unspecified atom stereocenters. The van der Waals surface area contributed by atoms with E-state index in [0.29, 0.717) is 34.9 Å². The molecule has 34 nitrogen and oxygen atoms in total. The summed E-state index contributed by atoms with van der Waals surface area (Å²) in [5.74, 6) is -8.09. The molecule has 4 heterocycles. The van der Waals surface area contributed by atoms with E-state index in [1.165, 1.54) is 83.9 Å². The van der Waals surface area contributed by atoms with Crippen molar-refractivity contribution in [3.63, 3.8) is 0 Å². The number of carbonyl (C=O) groups excluding carboxylic acids is 8. The van der Waals surface area contributed by atoms with Gasteiger partial charge >= 0.3 is 41.8 Å². The molecule has 0 aliphatic carbocycles. The van der Waals surface area contributed by atoms with Gasteiger partial charge in [0.25, 0.3) is 28.1 Å². The zero-order valence-corrected chi connectivity index (χ0v) is 68.3. The van der Waals surface area contributed by atoms with Crippen molar-refractivity contribution in [1.82, 2.24) is 65.6 Å². The van der Waals surface area contributed by atoms with Crippen molar-refractivity contribution < 1.29 is 85.8 Å². The van der Waals surface area contributed by atoms with Gasteiger partial charge < -0.3 is 80.9 Å². The number of esters is 7. The van der Waals surface area contributed by atoms with E-state index in [-0.39, 0.29) is 58.0 Å². The van der Waals surface area contributed by atoms with Crippen LogP contribution in [0.2, 0.25) is 0 Å². The Kier molecular flexibility index (Phi) is 35.1. The zero-order valence-electron chi connectivity index (χ0n) is 68.3. The lowest BCUT2D eigenvalue weighted by atomic mass is 10.0. The minimum Gasteiger partial charge on any atom is -0.501 e. The molecule has 6 aromatic carbocycles. The molecule has 0 spiro atoms. The summed E-state index contributed by atoms with van der Waals surface area (Å²) in [7, 11) is 13.2. The number of carbonyl (C=O) groups is 8. The van der Waals surface area contributed by atoms with E-state index < -0.39 is 121 Å². The number of rotatable bonds is 21. The van der Waals surface area contributed by atoms with E-state index in [4.69, 9.17) is 24.7 Å². The molecule has 0 aliphatic rings. The van der Waals surface area contributed by atoms with Crippen LogP contribution in [-0.2, 0) is 68.3 Å². The molecule has 0 aliphatic heterocycles. The van der Waals surface area contributed by atoms with Crippen molar-refractivity contribution >= 4 is 47.7 Å². The summed E-state index contributed by atoms with van der Waals surface area (Å²) in [4.78, 5) is 166. The number of ether oxygens (including phenoxy) is 6. The standard InChI is InChI=1S/C18H21N3O5.C17H21FN4O3.C17H19N3O5.C14H10O3.C10H15N3O4.C7H8FN/c1-18(2,19-3)17-20-12(16(24)25-5)13(14(22)21(17)4)26-15(23)11-9-7-6-8-10-11;1-17(2,19-3)16-21-12(13(23)15(25)22(16)4)14(24)20-9-10-5-7-11(18)8-6-10;1-17(2,18-3)16-19-11(15(23)24-4)12(13(21)20-16)25-14(22)10-8-6-5-7-9-10;15-13(11-7-3-1-4-8-11)17-14(16)12-9-5-2-6-10-12;1-10(2,11-3)9-12-5(8(16)17-4)6(14)7(15)13-9;8-7-3-1-6(5-9)2-4-7/h6-10,19H,1-5H3;5-8,19,23H,9H2,1-4H3,(H,20,24);5-9,18H,1-4H3,(H,19,20,21);1-10H;11,14H,1-4H3,(H,12,13,15);1-4H,5,9H2. The Labute approximate surface area is 681 Å². The number of hydrogen-bond donors (Lipinski definition) is 10. The highest BCUT2D eigenvalue weighted by molar-refractivity contribution is 6.02. The topological polar surface area (TPSA) is 480 Å². The highest BCUT2D eigenvalue weighted by Gasteiger charge is 2.34. The monoisotopic (exact) mass is 1640 g/mol. The first-order valence-corrected chi connectivity index (χ1v) is 35.9. The van der Waals surface area contributed by atoms with Crippen LogP contribution in [0.4, 0.5) is 8.78 Å². The fraction of sp³-hybridized carbons (Fsp3) is 0.277. The number of halogens is 2. The van der Waals surface area contributed by atoms with Gasteiger partial charge in [0.05, 0.1) is 65.7 Å². The third-order valence-corrected chi connectivity index (χ3v) is 17.6. The van der Waals surface area contributed by atoms with Crippen molar-refractivity contribution in [2.45, 2.75) is 90.6 Å². The SMILES string of the molecule is CNC(C)(C)c1nc(C(=O)NCc2ccc(F)cc2)c(O)c(=O)n1C.CNC(C)(C)c1nc(C(=O)OC)c(O)c(=O)[nH]1.CNC(C)(C)c1nc(C(=O)OC)c(OC(=O)c2ccccc2)c(=O)[nH]1.CNC(C)(C)c1nc(C(=O)OC)c(OC(=O)c2ccccc2)c(=O)n1C.NCc1ccc(F)cc1.O=C(OC(=O)c1ccccc1)c1ccccc1. The summed E-state index contributed by atoms with van der Waals surface area (Å²) in [6.07, 6.45) is 0. The lowest BCUT2D eigenvalue weighted by Gasteiger charge is -2.26. The number of nitrogens with one attached hydrogen (secondary N) is 7. The van der Waals surface area contributed by atoms with Gasteiger partial charge in [-0.25, -0.2) is 62.3 Å². The van der Waals surface area contributed by atoms with Gasteiger partial charge in [-0.1, -0.05) is 97.1 Å². The second-order valence-corrected chi connectivity index (χ2v) is 27.2. The Morgan fingerprint density at radius 2 is 0.739 bits per heavy atom. The first-order chi connectivity index (χ1) is 56.1. The second kappa shape index (κ2) is 43.7. The molecule has 36 heteroatoms. The highest BCUT2D eigenvalue weighted by Crippen LogP contribution is 2.25. The van der Waals surface area contributed by atoms with Crippen LogP contribution in [0, 0.1) is 11.6 Å². The van der Waals surface area contributed by atoms with E-state index in [2.05, 4.69) is 66.0 Å². The Bertz CT molecular complexity index is 5410. The number of H-pyrrole nitrogens is 2. The number of nitrogens with zero attached hydrogens (tertiary/aromatic N) is 6. The van der Waals surface area contributed by atoms with Crippen molar-refractivity contribution in [3.8, 4) is 23.0 Å². The maximum absolute atomic E-state index is 12.9. The van der Waals surface area contributed by atoms with Crippen LogP contribution in [0.15, 0.2) is 189 Å².